The van der Waals surface area contributed by atoms with Crippen LogP contribution in [0.4, 0.5) is 11.5 Å². The maximum absolute atomic E-state index is 12.5. The summed E-state index contributed by atoms with van der Waals surface area (Å²) in [5.74, 6) is 0.351. The molecular formula is C20H20N4O. The molecule has 1 unspecified atom stereocenters. The zero-order valence-corrected chi connectivity index (χ0v) is 14.2. The third-order valence-corrected chi connectivity index (χ3v) is 3.84. The lowest BCUT2D eigenvalue weighted by molar-refractivity contribution is 0.0934. The van der Waals surface area contributed by atoms with Gasteiger partial charge >= 0.3 is 0 Å². The molecule has 126 valence electrons. The van der Waals surface area contributed by atoms with Gasteiger partial charge in [0, 0.05) is 11.8 Å². The van der Waals surface area contributed by atoms with E-state index in [9.17, 15) is 4.79 Å². The lowest BCUT2D eigenvalue weighted by Gasteiger charge is -2.14. The van der Waals surface area contributed by atoms with E-state index in [1.165, 1.54) is 6.33 Å². The third kappa shape index (κ3) is 4.41. The minimum Gasteiger partial charge on any atom is -0.344 e. The normalized spacial score (nSPS) is 11.6. The number of amides is 1. The summed E-state index contributed by atoms with van der Waals surface area (Å²) in [6.07, 6.45) is 1.39. The van der Waals surface area contributed by atoms with E-state index in [0.717, 1.165) is 16.8 Å². The lowest BCUT2D eigenvalue weighted by Crippen LogP contribution is -2.27. The van der Waals surface area contributed by atoms with Gasteiger partial charge in [-0.1, -0.05) is 42.5 Å². The molecule has 1 aromatic heterocycles. The summed E-state index contributed by atoms with van der Waals surface area (Å²) in [7, 11) is 0. The number of hydrogen-bond acceptors (Lipinski definition) is 4. The summed E-state index contributed by atoms with van der Waals surface area (Å²) in [6.45, 7) is 3.97. The molecule has 0 spiro atoms. The molecule has 3 aromatic rings. The number of carbonyl (C=O) groups is 1. The summed E-state index contributed by atoms with van der Waals surface area (Å²) >= 11 is 0. The molecule has 25 heavy (non-hydrogen) atoms. The molecule has 0 aliphatic rings. The fourth-order valence-corrected chi connectivity index (χ4v) is 2.52. The number of aromatic nitrogens is 2. The molecule has 0 saturated carbocycles. The topological polar surface area (TPSA) is 66.9 Å². The molecule has 2 N–H and O–H groups in total. The highest BCUT2D eigenvalue weighted by molar-refractivity contribution is 5.93. The summed E-state index contributed by atoms with van der Waals surface area (Å²) in [4.78, 5) is 20.7. The Morgan fingerprint density at radius 3 is 2.56 bits per heavy atom. The molecule has 0 aliphatic heterocycles. The van der Waals surface area contributed by atoms with Crippen molar-refractivity contribution in [2.75, 3.05) is 5.32 Å². The van der Waals surface area contributed by atoms with Crippen LogP contribution in [0, 0.1) is 6.92 Å². The number of carbonyl (C=O) groups excluding carboxylic acids is 1. The first-order valence-corrected chi connectivity index (χ1v) is 8.13. The van der Waals surface area contributed by atoms with E-state index < -0.39 is 0 Å². The molecule has 1 amide bonds. The Balaban J connectivity index is 1.71. The smallest absolute Gasteiger partial charge is 0.270 e. The molecule has 0 bridgehead atoms. The number of hydrogen-bond donors (Lipinski definition) is 2. The lowest BCUT2D eigenvalue weighted by atomic mass is 10.1. The van der Waals surface area contributed by atoms with Gasteiger partial charge in [0.15, 0.2) is 0 Å². The van der Waals surface area contributed by atoms with Crippen molar-refractivity contribution in [3.05, 3.63) is 83.8 Å². The first kappa shape index (κ1) is 16.6. The van der Waals surface area contributed by atoms with Crippen molar-refractivity contribution in [3.63, 3.8) is 0 Å². The van der Waals surface area contributed by atoms with E-state index in [2.05, 4.69) is 20.6 Å². The highest BCUT2D eigenvalue weighted by atomic mass is 16.1. The van der Waals surface area contributed by atoms with E-state index in [-0.39, 0.29) is 11.9 Å². The van der Waals surface area contributed by atoms with E-state index >= 15 is 0 Å². The number of nitrogens with zero attached hydrogens (tertiary/aromatic N) is 2. The van der Waals surface area contributed by atoms with Gasteiger partial charge in [-0.05, 0) is 37.1 Å². The van der Waals surface area contributed by atoms with Crippen LogP contribution in [0.1, 0.15) is 34.6 Å². The monoisotopic (exact) mass is 332 g/mol. The zero-order chi connectivity index (χ0) is 17.6. The van der Waals surface area contributed by atoms with Gasteiger partial charge in [-0.2, -0.15) is 0 Å². The van der Waals surface area contributed by atoms with E-state index in [4.69, 9.17) is 0 Å². The molecule has 0 saturated heterocycles. The van der Waals surface area contributed by atoms with E-state index in [1.807, 2.05) is 68.4 Å². The van der Waals surface area contributed by atoms with Crippen molar-refractivity contribution in [2.24, 2.45) is 0 Å². The Labute approximate surface area is 147 Å². The van der Waals surface area contributed by atoms with Crippen molar-refractivity contribution >= 4 is 17.4 Å². The van der Waals surface area contributed by atoms with Crippen LogP contribution in [0.3, 0.4) is 0 Å². The fraction of sp³-hybridized carbons (Fsp3) is 0.150. The molecule has 2 aromatic carbocycles. The van der Waals surface area contributed by atoms with Crippen LogP contribution in [0.2, 0.25) is 0 Å². The second kappa shape index (κ2) is 7.57. The summed E-state index contributed by atoms with van der Waals surface area (Å²) in [5.41, 5.74) is 3.44. The Bertz CT molecular complexity index is 864. The fourth-order valence-electron chi connectivity index (χ4n) is 2.52. The highest BCUT2D eigenvalue weighted by Gasteiger charge is 2.13. The minimum atomic E-state index is -0.231. The Hall–Kier alpha value is -3.21. The van der Waals surface area contributed by atoms with Crippen LogP contribution in [0.15, 0.2) is 67.0 Å². The Kier molecular flexibility index (Phi) is 5.04. The third-order valence-electron chi connectivity index (χ3n) is 3.84. The van der Waals surface area contributed by atoms with Crippen LogP contribution in [-0.2, 0) is 0 Å². The van der Waals surface area contributed by atoms with Gasteiger partial charge in [-0.25, -0.2) is 9.97 Å². The van der Waals surface area contributed by atoms with Gasteiger partial charge in [-0.3, -0.25) is 4.79 Å². The van der Waals surface area contributed by atoms with Crippen molar-refractivity contribution < 1.29 is 4.79 Å². The molecule has 1 heterocycles. The number of nitrogens with one attached hydrogen (secondary N) is 2. The molecule has 0 aliphatic carbocycles. The largest absolute Gasteiger partial charge is 0.344 e. The van der Waals surface area contributed by atoms with Gasteiger partial charge in [0.2, 0.25) is 0 Å². The van der Waals surface area contributed by atoms with Gasteiger partial charge in [0.05, 0.1) is 6.04 Å². The second-order valence-electron chi connectivity index (χ2n) is 5.89. The molecule has 3 rings (SSSR count). The number of benzene rings is 2. The molecular weight excluding hydrogens is 312 g/mol. The number of rotatable bonds is 5. The number of anilines is 2. The molecule has 0 fully saturated rings. The van der Waals surface area contributed by atoms with Crippen LogP contribution >= 0.6 is 0 Å². The Morgan fingerprint density at radius 1 is 1.00 bits per heavy atom. The average Bonchev–Trinajstić information content (AvgIpc) is 2.62. The first-order chi connectivity index (χ1) is 12.1. The van der Waals surface area contributed by atoms with E-state index in [0.29, 0.717) is 11.5 Å². The van der Waals surface area contributed by atoms with Crippen LogP contribution in [-0.4, -0.2) is 15.9 Å². The maximum Gasteiger partial charge on any atom is 0.270 e. The van der Waals surface area contributed by atoms with Crippen LogP contribution in [0.25, 0.3) is 0 Å². The molecule has 0 radical (unpaired) electrons. The van der Waals surface area contributed by atoms with Crippen molar-refractivity contribution in [1.29, 1.82) is 0 Å². The van der Waals surface area contributed by atoms with Gasteiger partial charge in [0.1, 0.15) is 17.8 Å². The Morgan fingerprint density at radius 2 is 1.80 bits per heavy atom. The highest BCUT2D eigenvalue weighted by Crippen LogP contribution is 2.17. The standard InChI is InChI=1S/C20H20N4O/c1-14-7-6-10-17(11-14)24-19-12-18(21-13-22-19)20(25)23-15(2)16-8-4-3-5-9-16/h3-13,15H,1-2H3,(H,23,25)(H,21,22,24). The van der Waals surface area contributed by atoms with Crippen LogP contribution in [0.5, 0.6) is 0 Å². The predicted molar refractivity (Wildman–Crippen MR) is 98.8 cm³/mol. The van der Waals surface area contributed by atoms with E-state index in [1.54, 1.807) is 6.07 Å². The molecule has 1 atom stereocenters. The quantitative estimate of drug-likeness (QED) is 0.740. The predicted octanol–water partition coefficient (Wildman–Crippen LogP) is 4.02. The van der Waals surface area contributed by atoms with Crippen molar-refractivity contribution in [2.45, 2.75) is 19.9 Å². The number of aryl methyl sites for hydroxylation is 1. The molecule has 5 nitrogen and oxygen atoms in total. The average molecular weight is 332 g/mol. The second-order valence-corrected chi connectivity index (χ2v) is 5.89. The molecule has 5 heteroatoms. The maximum atomic E-state index is 12.5. The summed E-state index contributed by atoms with van der Waals surface area (Å²) in [6, 6.07) is 19.3. The van der Waals surface area contributed by atoms with Crippen molar-refractivity contribution in [1.82, 2.24) is 15.3 Å². The zero-order valence-electron chi connectivity index (χ0n) is 14.2. The van der Waals surface area contributed by atoms with Crippen molar-refractivity contribution in [3.8, 4) is 0 Å². The van der Waals surface area contributed by atoms with Gasteiger partial charge in [0.25, 0.3) is 5.91 Å². The summed E-state index contributed by atoms with van der Waals surface area (Å²) in [5, 5.41) is 6.15. The van der Waals surface area contributed by atoms with Gasteiger partial charge in [-0.15, -0.1) is 0 Å². The first-order valence-electron chi connectivity index (χ1n) is 8.13. The van der Waals surface area contributed by atoms with Crippen LogP contribution < -0.4 is 10.6 Å². The summed E-state index contributed by atoms with van der Waals surface area (Å²) < 4.78 is 0. The SMILES string of the molecule is Cc1cccc(Nc2cc(C(=O)NC(C)c3ccccc3)ncn2)c1. The minimum absolute atomic E-state index is 0.100. The van der Waals surface area contributed by atoms with Gasteiger partial charge < -0.3 is 10.6 Å².